The minimum atomic E-state index is -1.53. The Bertz CT molecular complexity index is 746. The van der Waals surface area contributed by atoms with E-state index in [2.05, 4.69) is 19.9 Å². The van der Waals surface area contributed by atoms with Crippen molar-refractivity contribution in [2.24, 2.45) is 5.41 Å². The van der Waals surface area contributed by atoms with Crippen molar-refractivity contribution in [1.29, 1.82) is 0 Å². The lowest BCUT2D eigenvalue weighted by molar-refractivity contribution is -0.140. The van der Waals surface area contributed by atoms with Crippen molar-refractivity contribution in [1.82, 2.24) is 0 Å². The molecule has 1 aromatic rings. The van der Waals surface area contributed by atoms with Crippen LogP contribution in [0.5, 0.6) is 5.75 Å². The van der Waals surface area contributed by atoms with Crippen LogP contribution >= 0.6 is 11.6 Å². The highest BCUT2D eigenvalue weighted by Gasteiger charge is 2.43. The molecule has 1 aliphatic carbocycles. The third kappa shape index (κ3) is 4.49. The third-order valence-corrected chi connectivity index (χ3v) is 5.19. The van der Waals surface area contributed by atoms with Crippen LogP contribution in [0, 0.1) is 5.41 Å². The number of carbonyl (C=O) groups is 2. The van der Waals surface area contributed by atoms with Crippen LogP contribution in [0.4, 0.5) is 0 Å². The van der Waals surface area contributed by atoms with Crippen LogP contribution in [0.1, 0.15) is 37.0 Å². The van der Waals surface area contributed by atoms with Gasteiger partial charge in [0.25, 0.3) is 5.79 Å². The summed E-state index contributed by atoms with van der Waals surface area (Å²) in [4.78, 5) is 24.5. The zero-order valence-electron chi connectivity index (χ0n) is 16.1. The van der Waals surface area contributed by atoms with E-state index in [1.54, 1.807) is 12.1 Å². The first-order chi connectivity index (χ1) is 12.8. The summed E-state index contributed by atoms with van der Waals surface area (Å²) in [6.45, 7) is 4.30. The van der Waals surface area contributed by atoms with Gasteiger partial charge in [0, 0.05) is 25.4 Å². The molecule has 0 saturated carbocycles. The van der Waals surface area contributed by atoms with Gasteiger partial charge in [-0.2, -0.15) is 0 Å². The standard InChI is InChI=1S/C21H25ClO5/c1-5-20(2)12-10-16(11-13-20)21(25-3,26-4)19(24)15-6-8-17(9-7-15)27-18(23)14-22/h6-12H,5,13-14H2,1-4H3. The minimum absolute atomic E-state index is 0.0632. The second-order valence-corrected chi connectivity index (χ2v) is 6.96. The second-order valence-electron chi connectivity index (χ2n) is 6.69. The van der Waals surface area contributed by atoms with Crippen LogP contribution in [-0.2, 0) is 14.3 Å². The molecule has 27 heavy (non-hydrogen) atoms. The third-order valence-electron chi connectivity index (χ3n) is 4.97. The van der Waals surface area contributed by atoms with E-state index < -0.39 is 11.8 Å². The molecule has 0 fully saturated rings. The van der Waals surface area contributed by atoms with Gasteiger partial charge in [-0.05, 0) is 42.5 Å². The molecule has 2 rings (SSSR count). The van der Waals surface area contributed by atoms with Gasteiger partial charge in [-0.15, -0.1) is 11.6 Å². The van der Waals surface area contributed by atoms with Crippen LogP contribution in [0.25, 0.3) is 0 Å². The first-order valence-electron chi connectivity index (χ1n) is 8.76. The van der Waals surface area contributed by atoms with Gasteiger partial charge in [-0.25, -0.2) is 0 Å². The van der Waals surface area contributed by atoms with Gasteiger partial charge in [-0.1, -0.05) is 32.1 Å². The average molecular weight is 393 g/mol. The fraction of sp³-hybridized carbons (Fsp3) is 0.429. The molecule has 0 amide bonds. The van der Waals surface area contributed by atoms with Gasteiger partial charge in [0.05, 0.1) is 0 Å². The molecule has 0 radical (unpaired) electrons. The maximum atomic E-state index is 13.2. The van der Waals surface area contributed by atoms with Crippen molar-refractivity contribution < 1.29 is 23.8 Å². The smallest absolute Gasteiger partial charge is 0.326 e. The molecule has 1 atom stereocenters. The molecule has 0 saturated heterocycles. The predicted octanol–water partition coefficient (Wildman–Crippen LogP) is 4.31. The lowest BCUT2D eigenvalue weighted by atomic mass is 9.78. The van der Waals surface area contributed by atoms with E-state index in [0.717, 1.165) is 12.8 Å². The average Bonchev–Trinajstić information content (AvgIpc) is 2.71. The first kappa shape index (κ1) is 21.4. The van der Waals surface area contributed by atoms with E-state index in [1.807, 2.05) is 12.2 Å². The van der Waals surface area contributed by atoms with Gasteiger partial charge in [-0.3, -0.25) is 9.59 Å². The van der Waals surface area contributed by atoms with E-state index in [9.17, 15) is 9.59 Å². The maximum absolute atomic E-state index is 13.2. The second kappa shape index (κ2) is 8.83. The maximum Gasteiger partial charge on any atom is 0.326 e. The molecule has 0 bridgehead atoms. The summed E-state index contributed by atoms with van der Waals surface area (Å²) in [6, 6.07) is 6.20. The number of alkyl halides is 1. The Kier molecular flexibility index (Phi) is 6.98. The quantitative estimate of drug-likeness (QED) is 0.217. The van der Waals surface area contributed by atoms with Gasteiger partial charge in [0.1, 0.15) is 11.6 Å². The molecule has 0 N–H and O–H groups in total. The number of benzene rings is 1. The van der Waals surface area contributed by atoms with Crippen LogP contribution < -0.4 is 4.74 Å². The van der Waals surface area contributed by atoms with Crippen LogP contribution in [-0.4, -0.2) is 37.6 Å². The van der Waals surface area contributed by atoms with Crippen molar-refractivity contribution in [2.45, 2.75) is 32.5 Å². The van der Waals surface area contributed by atoms with Crippen LogP contribution in [0.3, 0.4) is 0 Å². The van der Waals surface area contributed by atoms with Crippen LogP contribution in [0.2, 0.25) is 0 Å². The monoisotopic (exact) mass is 392 g/mol. The highest BCUT2D eigenvalue weighted by molar-refractivity contribution is 6.26. The zero-order chi connectivity index (χ0) is 20.1. The van der Waals surface area contributed by atoms with Crippen LogP contribution in [0.15, 0.2) is 48.1 Å². The molecule has 0 heterocycles. The molecule has 0 spiro atoms. The Hall–Kier alpha value is -1.95. The number of esters is 1. The fourth-order valence-electron chi connectivity index (χ4n) is 2.94. The molecule has 1 aliphatic rings. The number of rotatable bonds is 8. The summed E-state index contributed by atoms with van der Waals surface area (Å²) < 4.78 is 16.1. The summed E-state index contributed by atoms with van der Waals surface area (Å²) in [5, 5.41) is 0. The Morgan fingerprint density at radius 2 is 1.81 bits per heavy atom. The summed E-state index contributed by atoms with van der Waals surface area (Å²) in [6.07, 6.45) is 7.78. The Morgan fingerprint density at radius 1 is 1.19 bits per heavy atom. The van der Waals surface area contributed by atoms with E-state index in [-0.39, 0.29) is 17.1 Å². The lowest BCUT2D eigenvalue weighted by Gasteiger charge is -2.34. The number of halogens is 1. The molecule has 146 valence electrons. The van der Waals surface area contributed by atoms with Gasteiger partial charge in [0.15, 0.2) is 0 Å². The number of carbonyl (C=O) groups excluding carboxylic acids is 2. The fourth-order valence-corrected chi connectivity index (χ4v) is 2.99. The number of hydrogen-bond donors (Lipinski definition) is 0. The molecule has 1 unspecified atom stereocenters. The van der Waals surface area contributed by atoms with E-state index >= 15 is 0 Å². The summed E-state index contributed by atoms with van der Waals surface area (Å²) in [5.41, 5.74) is 1.11. The number of hydrogen-bond acceptors (Lipinski definition) is 5. The summed E-state index contributed by atoms with van der Waals surface area (Å²) >= 11 is 5.42. The molecule has 0 aliphatic heterocycles. The topological polar surface area (TPSA) is 61.8 Å². The molecule has 6 heteroatoms. The molecular weight excluding hydrogens is 368 g/mol. The van der Waals surface area contributed by atoms with Gasteiger partial charge < -0.3 is 14.2 Å². The van der Waals surface area contributed by atoms with E-state index in [0.29, 0.717) is 16.9 Å². The number of ether oxygens (including phenoxy) is 3. The highest BCUT2D eigenvalue weighted by Crippen LogP contribution is 2.38. The number of ketones is 1. The van der Waals surface area contributed by atoms with Gasteiger partial charge >= 0.3 is 5.97 Å². The first-order valence-corrected chi connectivity index (χ1v) is 9.29. The van der Waals surface area contributed by atoms with Crippen molar-refractivity contribution in [2.75, 3.05) is 20.1 Å². The molecular formula is C21H25ClO5. The van der Waals surface area contributed by atoms with Crippen molar-refractivity contribution in [3.8, 4) is 5.75 Å². The molecule has 0 aromatic heterocycles. The lowest BCUT2D eigenvalue weighted by Crippen LogP contribution is -2.45. The van der Waals surface area contributed by atoms with E-state index in [4.69, 9.17) is 25.8 Å². The number of methoxy groups -OCH3 is 2. The predicted molar refractivity (Wildman–Crippen MR) is 104 cm³/mol. The SMILES string of the molecule is CCC1(C)C=CC(C(OC)(OC)C(=O)c2ccc(OC(=O)CCl)cc2)=CC1. The Morgan fingerprint density at radius 3 is 2.26 bits per heavy atom. The minimum Gasteiger partial charge on any atom is -0.426 e. The highest BCUT2D eigenvalue weighted by atomic mass is 35.5. The largest absolute Gasteiger partial charge is 0.426 e. The summed E-state index contributed by atoms with van der Waals surface area (Å²) in [5.74, 6) is -2.35. The normalized spacial score (nSPS) is 19.5. The van der Waals surface area contributed by atoms with E-state index in [1.165, 1.54) is 26.4 Å². The Balaban J connectivity index is 2.30. The molecule has 1 aromatic carbocycles. The number of allylic oxidation sites excluding steroid dienone is 2. The zero-order valence-corrected chi connectivity index (χ0v) is 16.8. The van der Waals surface area contributed by atoms with Crippen molar-refractivity contribution >= 4 is 23.4 Å². The molecule has 5 nitrogen and oxygen atoms in total. The van der Waals surface area contributed by atoms with Gasteiger partial charge in [0.2, 0.25) is 5.78 Å². The summed E-state index contributed by atoms with van der Waals surface area (Å²) in [7, 11) is 2.89. The van der Waals surface area contributed by atoms with Crippen molar-refractivity contribution in [3.63, 3.8) is 0 Å². The van der Waals surface area contributed by atoms with Crippen molar-refractivity contribution in [3.05, 3.63) is 53.6 Å². The Labute approximate surface area is 164 Å². The number of Topliss-reactive ketones (excluding diaryl/α,β-unsaturated/α-hetero) is 1.